The number of aromatic nitrogens is 1. The summed E-state index contributed by atoms with van der Waals surface area (Å²) in [4.78, 5) is 15.2. The molecule has 0 saturated carbocycles. The summed E-state index contributed by atoms with van der Waals surface area (Å²) in [7, 11) is 1.75. The summed E-state index contributed by atoms with van der Waals surface area (Å²) < 4.78 is 5.03. The van der Waals surface area contributed by atoms with Crippen LogP contribution in [0.25, 0.3) is 11.1 Å². The number of nitrogens with one attached hydrogen (secondary N) is 2. The summed E-state index contributed by atoms with van der Waals surface area (Å²) >= 11 is 6.48. The second-order valence-electron chi connectivity index (χ2n) is 5.62. The molecule has 0 unspecified atom stereocenters. The molecular formula is C18H23ClN2O5. The van der Waals surface area contributed by atoms with Gasteiger partial charge in [-0.1, -0.05) is 23.7 Å². The molecule has 0 spiro atoms. The van der Waals surface area contributed by atoms with E-state index >= 15 is 0 Å². The van der Waals surface area contributed by atoms with Crippen molar-refractivity contribution >= 4 is 17.6 Å². The molecule has 5 N–H and O–H groups in total. The minimum absolute atomic E-state index is 0.134. The zero-order valence-corrected chi connectivity index (χ0v) is 15.5. The van der Waals surface area contributed by atoms with Crippen LogP contribution in [0, 0.1) is 0 Å². The molecule has 0 aliphatic rings. The number of aromatic amines is 1. The highest BCUT2D eigenvalue weighted by Gasteiger charge is 2.25. The van der Waals surface area contributed by atoms with E-state index in [0.717, 1.165) is 0 Å². The van der Waals surface area contributed by atoms with Gasteiger partial charge in [0.05, 0.1) is 31.5 Å². The molecule has 0 radical (unpaired) electrons. The predicted molar refractivity (Wildman–Crippen MR) is 97.7 cm³/mol. The average Bonchev–Trinajstić information content (AvgIpc) is 2.96. The number of H-pyrrole nitrogens is 1. The zero-order valence-electron chi connectivity index (χ0n) is 14.7. The van der Waals surface area contributed by atoms with E-state index in [1.807, 2.05) is 0 Å². The quantitative estimate of drug-likeness (QED) is 0.444. The van der Waals surface area contributed by atoms with Gasteiger partial charge in [0.1, 0.15) is 5.69 Å². The Labute approximate surface area is 156 Å². The molecule has 0 fully saturated rings. The van der Waals surface area contributed by atoms with Crippen molar-refractivity contribution in [1.29, 1.82) is 0 Å². The van der Waals surface area contributed by atoms with Crippen molar-refractivity contribution in [2.45, 2.75) is 33.3 Å². The normalized spacial score (nSPS) is 11.0. The molecule has 2 rings (SSSR count). The Morgan fingerprint density at radius 1 is 1.19 bits per heavy atom. The van der Waals surface area contributed by atoms with Crippen molar-refractivity contribution in [3.05, 3.63) is 45.2 Å². The Balaban J connectivity index is 2.73. The van der Waals surface area contributed by atoms with Crippen LogP contribution in [0.3, 0.4) is 0 Å². The summed E-state index contributed by atoms with van der Waals surface area (Å²) in [5, 5.41) is 32.2. The molecule has 1 aromatic heterocycles. The minimum atomic E-state index is -0.569. The van der Waals surface area contributed by atoms with Crippen LogP contribution in [-0.4, -0.2) is 39.9 Å². The summed E-state index contributed by atoms with van der Waals surface area (Å²) in [6.07, 6.45) is 0. The number of ether oxygens (including phenoxy) is 1. The molecule has 1 aromatic carbocycles. The van der Waals surface area contributed by atoms with Crippen LogP contribution in [0.5, 0.6) is 0 Å². The molecule has 0 atom stereocenters. The summed E-state index contributed by atoms with van der Waals surface area (Å²) in [5.74, 6) is -0.569. The lowest BCUT2D eigenvalue weighted by Crippen LogP contribution is -2.09. The van der Waals surface area contributed by atoms with E-state index in [4.69, 9.17) is 16.3 Å². The third kappa shape index (κ3) is 3.77. The first-order valence-electron chi connectivity index (χ1n) is 8.22. The SMILES string of the molecule is CCOC(=O)c1[nH]c(CNC)c(-c2ccc(CO)c(CO)c2CO)c1Cl. The second kappa shape index (κ2) is 9.16. The fourth-order valence-corrected chi connectivity index (χ4v) is 3.30. The third-order valence-corrected chi connectivity index (χ3v) is 4.51. The number of rotatable bonds is 8. The minimum Gasteiger partial charge on any atom is -0.461 e. The number of esters is 1. The molecule has 2 aromatic rings. The van der Waals surface area contributed by atoms with Crippen molar-refractivity contribution in [2.75, 3.05) is 13.7 Å². The maximum Gasteiger partial charge on any atom is 0.356 e. The molecule has 0 bridgehead atoms. The van der Waals surface area contributed by atoms with Crippen molar-refractivity contribution in [3.8, 4) is 11.1 Å². The maximum absolute atomic E-state index is 12.2. The molecule has 8 heteroatoms. The molecule has 0 amide bonds. The summed E-state index contributed by atoms with van der Waals surface area (Å²) in [6, 6.07) is 3.37. The third-order valence-electron chi connectivity index (χ3n) is 4.13. The van der Waals surface area contributed by atoms with Crippen LogP contribution in [0.15, 0.2) is 12.1 Å². The van der Waals surface area contributed by atoms with E-state index in [2.05, 4.69) is 10.3 Å². The van der Waals surface area contributed by atoms with Crippen molar-refractivity contribution in [2.24, 2.45) is 0 Å². The van der Waals surface area contributed by atoms with Gasteiger partial charge in [-0.2, -0.15) is 0 Å². The fourth-order valence-electron chi connectivity index (χ4n) is 2.96. The van der Waals surface area contributed by atoms with Gasteiger partial charge in [0.15, 0.2) is 0 Å². The number of carbonyl (C=O) groups is 1. The highest BCUT2D eigenvalue weighted by Crippen LogP contribution is 2.38. The Morgan fingerprint density at radius 2 is 1.88 bits per heavy atom. The van der Waals surface area contributed by atoms with E-state index < -0.39 is 5.97 Å². The lowest BCUT2D eigenvalue weighted by molar-refractivity contribution is 0.0520. The number of hydrogen-bond acceptors (Lipinski definition) is 6. The van der Waals surface area contributed by atoms with Crippen molar-refractivity contribution in [1.82, 2.24) is 10.3 Å². The number of aliphatic hydroxyl groups is 3. The Kier molecular flexibility index (Phi) is 7.19. The van der Waals surface area contributed by atoms with Crippen LogP contribution in [0.4, 0.5) is 0 Å². The van der Waals surface area contributed by atoms with Gasteiger partial charge in [0.2, 0.25) is 0 Å². The molecule has 26 heavy (non-hydrogen) atoms. The van der Waals surface area contributed by atoms with Gasteiger partial charge in [0, 0.05) is 17.8 Å². The highest BCUT2D eigenvalue weighted by molar-refractivity contribution is 6.36. The van der Waals surface area contributed by atoms with Crippen LogP contribution >= 0.6 is 11.6 Å². The molecule has 0 aliphatic heterocycles. The lowest BCUT2D eigenvalue weighted by Gasteiger charge is -2.16. The Bertz CT molecular complexity index is 788. The van der Waals surface area contributed by atoms with Crippen LogP contribution in [-0.2, 0) is 31.1 Å². The number of carbonyl (C=O) groups excluding carboxylic acids is 1. The predicted octanol–water partition coefficient (Wildman–Crippen LogP) is 1.71. The van der Waals surface area contributed by atoms with E-state index in [1.54, 1.807) is 26.1 Å². The summed E-state index contributed by atoms with van der Waals surface area (Å²) in [5.41, 5.74) is 3.33. The van der Waals surface area contributed by atoms with Gasteiger partial charge in [-0.3, -0.25) is 0 Å². The van der Waals surface area contributed by atoms with Crippen molar-refractivity contribution in [3.63, 3.8) is 0 Å². The second-order valence-corrected chi connectivity index (χ2v) is 6.00. The monoisotopic (exact) mass is 382 g/mol. The largest absolute Gasteiger partial charge is 0.461 e. The molecule has 142 valence electrons. The smallest absolute Gasteiger partial charge is 0.356 e. The zero-order chi connectivity index (χ0) is 19.3. The maximum atomic E-state index is 12.2. The van der Waals surface area contributed by atoms with Gasteiger partial charge in [0.25, 0.3) is 0 Å². The summed E-state index contributed by atoms with van der Waals surface area (Å²) in [6.45, 7) is 1.36. The Morgan fingerprint density at radius 3 is 2.42 bits per heavy atom. The number of benzene rings is 1. The first kappa shape index (κ1) is 20.4. The first-order valence-corrected chi connectivity index (χ1v) is 8.60. The van der Waals surface area contributed by atoms with Gasteiger partial charge >= 0.3 is 5.97 Å². The first-order chi connectivity index (χ1) is 12.5. The van der Waals surface area contributed by atoms with Crippen LogP contribution in [0.2, 0.25) is 5.02 Å². The van der Waals surface area contributed by atoms with Gasteiger partial charge < -0.3 is 30.4 Å². The molecule has 0 saturated heterocycles. The average molecular weight is 383 g/mol. The number of aliphatic hydroxyl groups excluding tert-OH is 3. The fraction of sp³-hybridized carbons (Fsp3) is 0.389. The number of hydrogen-bond donors (Lipinski definition) is 5. The Hall–Kier alpha value is -1.90. The van der Waals surface area contributed by atoms with E-state index in [1.165, 1.54) is 0 Å². The highest BCUT2D eigenvalue weighted by atomic mass is 35.5. The van der Waals surface area contributed by atoms with Gasteiger partial charge in [-0.25, -0.2) is 4.79 Å². The van der Waals surface area contributed by atoms with Crippen LogP contribution < -0.4 is 5.32 Å². The number of halogens is 1. The van der Waals surface area contributed by atoms with E-state index in [9.17, 15) is 20.1 Å². The van der Waals surface area contributed by atoms with Gasteiger partial charge in [-0.15, -0.1) is 0 Å². The molecule has 1 heterocycles. The molecular weight excluding hydrogens is 360 g/mol. The van der Waals surface area contributed by atoms with E-state index in [-0.39, 0.29) is 37.1 Å². The molecule has 7 nitrogen and oxygen atoms in total. The standard InChI is InChI=1S/C18H23ClN2O5/c1-3-26-18(25)17-16(19)15(14(21-17)6-20-2)11-5-4-10(7-22)12(8-23)13(11)9-24/h4-5,20-24H,3,6-9H2,1-2H3. The van der Waals surface area contributed by atoms with E-state index in [0.29, 0.717) is 40.1 Å². The molecule has 0 aliphatic carbocycles. The lowest BCUT2D eigenvalue weighted by atomic mass is 9.92. The van der Waals surface area contributed by atoms with Gasteiger partial charge in [-0.05, 0) is 36.2 Å². The topological polar surface area (TPSA) is 115 Å². The van der Waals surface area contributed by atoms with Crippen molar-refractivity contribution < 1.29 is 24.9 Å². The van der Waals surface area contributed by atoms with Crippen LogP contribution in [0.1, 0.15) is 39.8 Å².